The molecular weight excluding hydrogens is 490 g/mol. The van der Waals surface area contributed by atoms with Gasteiger partial charge in [0.25, 0.3) is 0 Å². The van der Waals surface area contributed by atoms with Gasteiger partial charge in [-0.3, -0.25) is 4.98 Å². The summed E-state index contributed by atoms with van der Waals surface area (Å²) in [5.41, 5.74) is 4.20. The molecule has 0 aliphatic heterocycles. The molecular formula is C30H31N7O2. The zero-order chi connectivity index (χ0) is 26.8. The number of hydrogen-bond acceptors (Lipinski definition) is 8. The fraction of sp³-hybridized carbons (Fsp3) is 0.367. The van der Waals surface area contributed by atoms with E-state index in [1.807, 2.05) is 54.7 Å². The van der Waals surface area contributed by atoms with E-state index in [1.165, 1.54) is 0 Å². The van der Waals surface area contributed by atoms with Gasteiger partial charge in [0.15, 0.2) is 0 Å². The van der Waals surface area contributed by atoms with E-state index in [9.17, 15) is 10.2 Å². The first kappa shape index (κ1) is 25.2. The Bertz CT molecular complexity index is 1520. The number of hydrogen-bond donors (Lipinski definition) is 3. The van der Waals surface area contributed by atoms with Gasteiger partial charge in [-0.25, -0.2) is 14.6 Å². The Kier molecular flexibility index (Phi) is 6.81. The van der Waals surface area contributed by atoms with E-state index in [1.54, 1.807) is 4.68 Å². The minimum Gasteiger partial charge on any atom is -0.391 e. The molecule has 0 bridgehead atoms. The highest BCUT2D eigenvalue weighted by Gasteiger charge is 2.34. The monoisotopic (exact) mass is 521 g/mol. The first-order valence-corrected chi connectivity index (χ1v) is 13.5. The van der Waals surface area contributed by atoms with Crippen molar-refractivity contribution in [3.05, 3.63) is 71.7 Å². The van der Waals surface area contributed by atoms with Crippen LogP contribution in [-0.4, -0.2) is 52.3 Å². The Labute approximate surface area is 227 Å². The van der Waals surface area contributed by atoms with Gasteiger partial charge >= 0.3 is 0 Å². The Morgan fingerprint density at radius 3 is 2.59 bits per heavy atom. The zero-order valence-corrected chi connectivity index (χ0v) is 21.7. The van der Waals surface area contributed by atoms with Crippen LogP contribution >= 0.6 is 0 Å². The number of nitrogens with one attached hydrogen (secondary N) is 1. The third-order valence-corrected chi connectivity index (χ3v) is 7.68. The molecule has 0 radical (unpaired) electrons. The zero-order valence-electron chi connectivity index (χ0n) is 21.7. The molecule has 3 aromatic heterocycles. The molecule has 6 rings (SSSR count). The summed E-state index contributed by atoms with van der Waals surface area (Å²) in [6.45, 7) is 0.415. The van der Waals surface area contributed by atoms with Gasteiger partial charge in [0, 0.05) is 11.1 Å². The summed E-state index contributed by atoms with van der Waals surface area (Å²) in [4.78, 5) is 14.2. The quantitative estimate of drug-likeness (QED) is 0.313. The highest BCUT2D eigenvalue weighted by atomic mass is 16.3. The molecule has 39 heavy (non-hydrogen) atoms. The molecule has 2 aliphatic carbocycles. The summed E-state index contributed by atoms with van der Waals surface area (Å²) >= 11 is 0. The van der Waals surface area contributed by atoms with Gasteiger partial charge in [0.05, 0.1) is 47.7 Å². The third kappa shape index (κ3) is 5.39. The van der Waals surface area contributed by atoms with Crippen molar-refractivity contribution in [3.8, 4) is 35.0 Å². The normalized spacial score (nSPS) is 20.1. The molecule has 0 saturated heterocycles. The fourth-order valence-corrected chi connectivity index (χ4v) is 5.54. The number of aliphatic hydroxyl groups is 2. The standard InChI is InChI=1S/C30H31N7O2/c1-2-20-8-5-9-21(16-20)24-17-25(34-29(33-24)32-23-11-7-12-27(23)38)26-19-37(36-35-26)18-22-10-6-13-28(31-22)30(39)14-3-4-15-30/h1,5-6,8-10,13,16-17,19,23,27,38-39H,3-4,7,11-12,14-15,18H2,(H,32,33,34)/t23-,27-/m1/s1. The van der Waals surface area contributed by atoms with E-state index in [4.69, 9.17) is 21.4 Å². The number of nitrogens with zero attached hydrogens (tertiary/aromatic N) is 6. The Morgan fingerprint density at radius 1 is 0.974 bits per heavy atom. The topological polar surface area (TPSA) is 122 Å². The predicted octanol–water partition coefficient (Wildman–Crippen LogP) is 3.91. The number of rotatable bonds is 7. The molecule has 2 atom stereocenters. The molecule has 0 spiro atoms. The van der Waals surface area contributed by atoms with Crippen molar-refractivity contribution in [2.45, 2.75) is 69.2 Å². The van der Waals surface area contributed by atoms with E-state index >= 15 is 0 Å². The number of aromatic nitrogens is 6. The van der Waals surface area contributed by atoms with Crippen LogP contribution < -0.4 is 5.32 Å². The lowest BCUT2D eigenvalue weighted by Crippen LogP contribution is -2.29. The summed E-state index contributed by atoms with van der Waals surface area (Å²) in [5, 5.41) is 33.3. The van der Waals surface area contributed by atoms with Crippen molar-refractivity contribution in [2.24, 2.45) is 0 Å². The number of benzene rings is 1. The van der Waals surface area contributed by atoms with Crippen LogP contribution in [0.2, 0.25) is 0 Å². The average molecular weight is 522 g/mol. The summed E-state index contributed by atoms with van der Waals surface area (Å²) in [6.07, 6.45) is 13.1. The van der Waals surface area contributed by atoms with Crippen LogP contribution in [0.4, 0.5) is 5.95 Å². The highest BCUT2D eigenvalue weighted by Crippen LogP contribution is 2.37. The van der Waals surface area contributed by atoms with E-state index in [0.717, 1.165) is 67.5 Å². The lowest BCUT2D eigenvalue weighted by atomic mass is 9.97. The van der Waals surface area contributed by atoms with Crippen LogP contribution in [0.3, 0.4) is 0 Å². The molecule has 0 amide bonds. The van der Waals surface area contributed by atoms with Crippen molar-refractivity contribution in [1.82, 2.24) is 29.9 Å². The molecule has 3 heterocycles. The lowest BCUT2D eigenvalue weighted by molar-refractivity contribution is 0.0397. The Hall–Kier alpha value is -4.13. The summed E-state index contributed by atoms with van der Waals surface area (Å²) in [7, 11) is 0. The minimum atomic E-state index is -0.839. The van der Waals surface area contributed by atoms with Gasteiger partial charge < -0.3 is 15.5 Å². The second-order valence-electron chi connectivity index (χ2n) is 10.5. The van der Waals surface area contributed by atoms with Crippen LogP contribution in [0.25, 0.3) is 22.6 Å². The number of terminal acetylenes is 1. The molecule has 2 aliphatic rings. The van der Waals surface area contributed by atoms with Gasteiger partial charge in [-0.05, 0) is 62.4 Å². The number of aliphatic hydroxyl groups excluding tert-OH is 1. The summed E-state index contributed by atoms with van der Waals surface area (Å²) < 4.78 is 1.72. The molecule has 198 valence electrons. The molecule has 3 N–H and O–H groups in total. The van der Waals surface area contributed by atoms with Crippen molar-refractivity contribution in [2.75, 3.05) is 5.32 Å². The molecule has 1 aromatic carbocycles. The van der Waals surface area contributed by atoms with Gasteiger partial charge in [0.1, 0.15) is 11.3 Å². The summed E-state index contributed by atoms with van der Waals surface area (Å²) in [6, 6.07) is 15.2. The van der Waals surface area contributed by atoms with Crippen LogP contribution in [0.1, 0.15) is 61.9 Å². The number of pyridine rings is 1. The van der Waals surface area contributed by atoms with Crippen LogP contribution in [0.15, 0.2) is 54.7 Å². The van der Waals surface area contributed by atoms with Gasteiger partial charge in [-0.1, -0.05) is 42.2 Å². The van der Waals surface area contributed by atoms with E-state index in [0.29, 0.717) is 29.6 Å². The molecule has 2 fully saturated rings. The Balaban J connectivity index is 1.30. The van der Waals surface area contributed by atoms with Crippen molar-refractivity contribution >= 4 is 5.95 Å². The lowest BCUT2D eigenvalue weighted by Gasteiger charge is -2.21. The van der Waals surface area contributed by atoms with Crippen molar-refractivity contribution < 1.29 is 10.2 Å². The SMILES string of the molecule is C#Cc1cccc(-c2cc(-c3cn(Cc4cccc(C5(O)CCCC5)n4)nn3)nc(N[C@@H]3CCC[C@H]3O)n2)c1. The van der Waals surface area contributed by atoms with Gasteiger partial charge in [-0.2, -0.15) is 0 Å². The van der Waals surface area contributed by atoms with Gasteiger partial charge in [0.2, 0.25) is 5.95 Å². The van der Waals surface area contributed by atoms with Gasteiger partial charge in [-0.15, -0.1) is 11.5 Å². The summed E-state index contributed by atoms with van der Waals surface area (Å²) in [5.74, 6) is 3.10. The fourth-order valence-electron chi connectivity index (χ4n) is 5.54. The highest BCUT2D eigenvalue weighted by molar-refractivity contribution is 5.68. The second-order valence-corrected chi connectivity index (χ2v) is 10.5. The van der Waals surface area contributed by atoms with E-state index in [2.05, 4.69) is 21.5 Å². The van der Waals surface area contributed by atoms with Crippen LogP contribution in [0.5, 0.6) is 0 Å². The third-order valence-electron chi connectivity index (χ3n) is 7.68. The van der Waals surface area contributed by atoms with Crippen molar-refractivity contribution in [1.29, 1.82) is 0 Å². The molecule has 9 heteroatoms. The van der Waals surface area contributed by atoms with Crippen LogP contribution in [0, 0.1) is 12.3 Å². The molecule has 0 unspecified atom stereocenters. The Morgan fingerprint density at radius 2 is 1.79 bits per heavy atom. The maximum Gasteiger partial charge on any atom is 0.224 e. The molecule has 2 saturated carbocycles. The van der Waals surface area contributed by atoms with Crippen molar-refractivity contribution in [3.63, 3.8) is 0 Å². The minimum absolute atomic E-state index is 0.103. The van der Waals surface area contributed by atoms with E-state index in [-0.39, 0.29) is 6.04 Å². The first-order valence-electron chi connectivity index (χ1n) is 13.5. The maximum atomic E-state index is 11.0. The van der Waals surface area contributed by atoms with Crippen LogP contribution in [-0.2, 0) is 12.1 Å². The first-order chi connectivity index (χ1) is 19.0. The van der Waals surface area contributed by atoms with E-state index < -0.39 is 11.7 Å². The number of anilines is 1. The second kappa shape index (κ2) is 10.6. The maximum absolute atomic E-state index is 11.0. The predicted molar refractivity (Wildman–Crippen MR) is 147 cm³/mol. The largest absolute Gasteiger partial charge is 0.391 e. The smallest absolute Gasteiger partial charge is 0.224 e. The molecule has 9 nitrogen and oxygen atoms in total. The average Bonchev–Trinajstić information content (AvgIpc) is 3.71. The molecule has 4 aromatic rings.